The average molecular weight is 588 g/mol. The van der Waals surface area contributed by atoms with Gasteiger partial charge < -0.3 is 9.47 Å². The van der Waals surface area contributed by atoms with E-state index in [2.05, 4.69) is 27.6 Å². The predicted molar refractivity (Wildman–Crippen MR) is 143 cm³/mol. The summed E-state index contributed by atoms with van der Waals surface area (Å²) in [5.41, 5.74) is 2.41. The number of thioether (sulfide) groups is 1. The molecule has 0 atom stereocenters. The number of benzene rings is 3. The highest BCUT2D eigenvalue weighted by Gasteiger charge is 2.32. The van der Waals surface area contributed by atoms with Crippen LogP contribution in [0.15, 0.2) is 76.6 Å². The predicted octanol–water partition coefficient (Wildman–Crippen LogP) is 6.64. The van der Waals surface area contributed by atoms with Gasteiger partial charge in [0.05, 0.1) is 21.3 Å². The second-order valence-electron chi connectivity index (χ2n) is 7.36. The van der Waals surface area contributed by atoms with Crippen molar-refractivity contribution >= 4 is 57.2 Å². The fourth-order valence-corrected chi connectivity index (χ4v) is 5.06. The zero-order valence-electron chi connectivity index (χ0n) is 18.6. The molecule has 8 heteroatoms. The number of likely N-dealkylation sites (N-methyl/N-ethyl adjacent to an activating group) is 1. The van der Waals surface area contributed by atoms with Crippen LogP contribution in [0.4, 0.5) is 10.1 Å². The molecule has 0 unspecified atom stereocenters. The van der Waals surface area contributed by atoms with Gasteiger partial charge in [-0.1, -0.05) is 18.2 Å². The van der Waals surface area contributed by atoms with E-state index in [4.69, 9.17) is 9.47 Å². The molecule has 34 heavy (non-hydrogen) atoms. The van der Waals surface area contributed by atoms with Gasteiger partial charge in [-0.05, 0) is 107 Å². The molecule has 0 aliphatic carbocycles. The van der Waals surface area contributed by atoms with E-state index in [1.54, 1.807) is 18.1 Å². The Hall–Kier alpha value is -2.85. The Kier molecular flexibility index (Phi) is 7.89. The number of rotatable bonds is 7. The summed E-state index contributed by atoms with van der Waals surface area (Å²) in [4.78, 5) is 19.9. The number of hydrogen-bond donors (Lipinski definition) is 0. The zero-order chi connectivity index (χ0) is 24.1. The minimum Gasteiger partial charge on any atom is -0.497 e. The van der Waals surface area contributed by atoms with E-state index in [-0.39, 0.29) is 18.3 Å². The van der Waals surface area contributed by atoms with Crippen LogP contribution in [-0.2, 0) is 11.4 Å². The van der Waals surface area contributed by atoms with Crippen LogP contribution >= 0.6 is 34.4 Å². The summed E-state index contributed by atoms with van der Waals surface area (Å²) in [6, 6.07) is 19.5. The van der Waals surface area contributed by atoms with Gasteiger partial charge >= 0.3 is 0 Å². The molecule has 0 spiro atoms. The SMILES string of the molecule is CCN1C(=O)/C(=C\c2ccc(OCc3cccc(F)c3)c(I)c2)SC1=Nc1ccc(OC)cc1. The normalized spacial score (nSPS) is 15.9. The monoisotopic (exact) mass is 588 g/mol. The lowest BCUT2D eigenvalue weighted by Crippen LogP contribution is -2.28. The third-order valence-corrected chi connectivity index (χ3v) is 6.89. The maximum Gasteiger partial charge on any atom is 0.266 e. The van der Waals surface area contributed by atoms with Crippen LogP contribution in [0.3, 0.4) is 0 Å². The highest BCUT2D eigenvalue weighted by atomic mass is 127. The number of nitrogens with zero attached hydrogens (tertiary/aromatic N) is 2. The van der Waals surface area contributed by atoms with E-state index in [0.717, 1.165) is 26.1 Å². The maximum atomic E-state index is 13.4. The van der Waals surface area contributed by atoms with Crippen LogP contribution in [0.2, 0.25) is 0 Å². The van der Waals surface area contributed by atoms with Crippen LogP contribution < -0.4 is 9.47 Å². The van der Waals surface area contributed by atoms with Gasteiger partial charge in [0, 0.05) is 6.54 Å². The van der Waals surface area contributed by atoms with Crippen molar-refractivity contribution < 1.29 is 18.7 Å². The number of ether oxygens (including phenoxy) is 2. The molecule has 0 radical (unpaired) electrons. The lowest BCUT2D eigenvalue weighted by atomic mass is 10.2. The summed E-state index contributed by atoms with van der Waals surface area (Å²) >= 11 is 3.56. The van der Waals surface area contributed by atoms with Gasteiger partial charge in [-0.2, -0.15) is 0 Å². The topological polar surface area (TPSA) is 51.1 Å². The van der Waals surface area contributed by atoms with Gasteiger partial charge in [0.15, 0.2) is 5.17 Å². The van der Waals surface area contributed by atoms with Crippen molar-refractivity contribution in [1.82, 2.24) is 4.90 Å². The molecule has 1 fully saturated rings. The average Bonchev–Trinajstić information content (AvgIpc) is 3.12. The fourth-order valence-electron chi connectivity index (χ4n) is 3.30. The number of carbonyl (C=O) groups is 1. The Labute approximate surface area is 215 Å². The first-order chi connectivity index (χ1) is 16.5. The Morgan fingerprint density at radius 2 is 1.91 bits per heavy atom. The van der Waals surface area contributed by atoms with Crippen molar-refractivity contribution in [2.75, 3.05) is 13.7 Å². The van der Waals surface area contributed by atoms with Gasteiger partial charge in [-0.15, -0.1) is 0 Å². The van der Waals surface area contributed by atoms with Crippen LogP contribution in [0.1, 0.15) is 18.1 Å². The number of hydrogen-bond acceptors (Lipinski definition) is 5. The Morgan fingerprint density at radius 1 is 1.12 bits per heavy atom. The van der Waals surface area contributed by atoms with Crippen LogP contribution in [0.25, 0.3) is 6.08 Å². The lowest BCUT2D eigenvalue weighted by Gasteiger charge is -2.12. The molecular formula is C26H22FIN2O3S. The highest BCUT2D eigenvalue weighted by molar-refractivity contribution is 14.1. The van der Waals surface area contributed by atoms with E-state index in [0.29, 0.717) is 22.4 Å². The number of amidine groups is 1. The largest absolute Gasteiger partial charge is 0.497 e. The lowest BCUT2D eigenvalue weighted by molar-refractivity contribution is -0.122. The number of aliphatic imine (C=N–C) groups is 1. The number of methoxy groups -OCH3 is 1. The van der Waals surface area contributed by atoms with Gasteiger partial charge in [-0.3, -0.25) is 9.69 Å². The first-order valence-electron chi connectivity index (χ1n) is 10.6. The number of halogens is 2. The minimum absolute atomic E-state index is 0.0683. The van der Waals surface area contributed by atoms with Gasteiger partial charge in [-0.25, -0.2) is 9.38 Å². The second-order valence-corrected chi connectivity index (χ2v) is 9.53. The molecule has 0 N–H and O–H groups in total. The molecular weight excluding hydrogens is 566 g/mol. The minimum atomic E-state index is -0.285. The highest BCUT2D eigenvalue weighted by Crippen LogP contribution is 2.35. The molecule has 174 valence electrons. The molecule has 1 aliphatic heterocycles. The Morgan fingerprint density at radius 3 is 2.59 bits per heavy atom. The van der Waals surface area contributed by atoms with Crippen LogP contribution in [0, 0.1) is 9.39 Å². The number of carbonyl (C=O) groups excluding carboxylic acids is 1. The van der Waals surface area contributed by atoms with Crippen LogP contribution in [0.5, 0.6) is 11.5 Å². The first kappa shape index (κ1) is 24.3. The summed E-state index contributed by atoms with van der Waals surface area (Å²) < 4.78 is 25.3. The van der Waals surface area contributed by atoms with Gasteiger partial charge in [0.25, 0.3) is 5.91 Å². The van der Waals surface area contributed by atoms with Crippen molar-refractivity contribution in [3.05, 3.63) is 92.1 Å². The first-order valence-corrected chi connectivity index (χ1v) is 12.5. The Bertz CT molecular complexity index is 1260. The second kappa shape index (κ2) is 11.1. The third-order valence-electron chi connectivity index (χ3n) is 5.04. The van der Waals surface area contributed by atoms with Gasteiger partial charge in [0.2, 0.25) is 0 Å². The summed E-state index contributed by atoms with van der Waals surface area (Å²) in [6.07, 6.45) is 1.87. The number of amides is 1. The van der Waals surface area contributed by atoms with E-state index < -0.39 is 0 Å². The van der Waals surface area contributed by atoms with E-state index in [1.165, 1.54) is 23.9 Å². The molecule has 1 saturated heterocycles. The smallest absolute Gasteiger partial charge is 0.266 e. The standard InChI is InChI=1S/C26H22FIN2O3S/c1-3-30-25(31)24(34-26(30)29-20-8-10-21(32-2)11-9-20)15-17-7-12-23(22(28)14-17)33-16-18-5-4-6-19(27)13-18/h4-15H,3,16H2,1-2H3/b24-15+,29-26?. The van der Waals surface area contributed by atoms with Crippen molar-refractivity contribution in [2.24, 2.45) is 4.99 Å². The molecule has 3 aromatic carbocycles. The molecule has 1 aliphatic rings. The van der Waals surface area contributed by atoms with Crippen molar-refractivity contribution in [2.45, 2.75) is 13.5 Å². The summed E-state index contributed by atoms with van der Waals surface area (Å²) in [5, 5.41) is 0.647. The molecule has 3 aromatic rings. The molecule has 4 rings (SSSR count). The van der Waals surface area contributed by atoms with E-state index in [9.17, 15) is 9.18 Å². The molecule has 0 aromatic heterocycles. The molecule has 0 bridgehead atoms. The third kappa shape index (κ3) is 5.79. The summed E-state index contributed by atoms with van der Waals surface area (Å²) in [5.74, 6) is 1.10. The van der Waals surface area contributed by atoms with Crippen LogP contribution in [-0.4, -0.2) is 29.6 Å². The van der Waals surface area contributed by atoms with E-state index in [1.807, 2.05) is 61.5 Å². The molecule has 5 nitrogen and oxygen atoms in total. The molecule has 1 heterocycles. The van der Waals surface area contributed by atoms with E-state index >= 15 is 0 Å². The van der Waals surface area contributed by atoms with Crippen molar-refractivity contribution in [3.63, 3.8) is 0 Å². The zero-order valence-corrected chi connectivity index (χ0v) is 21.6. The summed E-state index contributed by atoms with van der Waals surface area (Å²) in [6.45, 7) is 2.74. The quantitative estimate of drug-likeness (QED) is 0.230. The van der Waals surface area contributed by atoms with Gasteiger partial charge in [0.1, 0.15) is 23.9 Å². The van der Waals surface area contributed by atoms with Crippen molar-refractivity contribution in [3.8, 4) is 11.5 Å². The maximum absolute atomic E-state index is 13.4. The van der Waals surface area contributed by atoms with Crippen molar-refractivity contribution in [1.29, 1.82) is 0 Å². The Balaban J connectivity index is 1.50. The summed E-state index contributed by atoms with van der Waals surface area (Å²) in [7, 11) is 1.62. The molecule has 0 saturated carbocycles. The molecule has 1 amide bonds. The fraction of sp³-hybridized carbons (Fsp3) is 0.154.